The first-order chi connectivity index (χ1) is 13.6. The molecule has 0 radical (unpaired) electrons. The number of sulfone groups is 1. The van der Waals surface area contributed by atoms with Gasteiger partial charge in [-0.25, -0.2) is 13.4 Å². The molecule has 0 saturated carbocycles. The summed E-state index contributed by atoms with van der Waals surface area (Å²) < 4.78 is 26.6. The number of halogens is 2. The van der Waals surface area contributed by atoms with Gasteiger partial charge < -0.3 is 4.57 Å². The molecule has 1 atom stereocenters. The van der Waals surface area contributed by atoms with E-state index in [0.717, 1.165) is 10.5 Å². The number of nitrogens with zero attached hydrogens (tertiary/aromatic N) is 2. The summed E-state index contributed by atoms with van der Waals surface area (Å²) in [6.07, 6.45) is 5.40. The van der Waals surface area contributed by atoms with Crippen molar-refractivity contribution in [2.45, 2.75) is 47.1 Å². The van der Waals surface area contributed by atoms with Gasteiger partial charge in [0, 0.05) is 23.8 Å². The van der Waals surface area contributed by atoms with Gasteiger partial charge in [0.05, 0.1) is 31.3 Å². The van der Waals surface area contributed by atoms with Crippen molar-refractivity contribution in [3.8, 4) is 0 Å². The van der Waals surface area contributed by atoms with Crippen LogP contribution in [0.15, 0.2) is 71.0 Å². The van der Waals surface area contributed by atoms with Crippen LogP contribution in [0.1, 0.15) is 31.6 Å². The third kappa shape index (κ3) is 5.18. The van der Waals surface area contributed by atoms with Gasteiger partial charge >= 0.3 is 0 Å². The first-order valence-electron chi connectivity index (χ1n) is 9.00. The Kier molecular flexibility index (Phi) is 6.68. The van der Waals surface area contributed by atoms with Gasteiger partial charge in [0.25, 0.3) is 0 Å². The molecule has 1 unspecified atom stereocenters. The monoisotopic (exact) mass is 468 g/mol. The van der Waals surface area contributed by atoms with Crippen LogP contribution in [0.4, 0.5) is 0 Å². The predicted octanol–water partition coefficient (Wildman–Crippen LogP) is 6.30. The number of hydrogen-bond acceptors (Lipinski definition) is 4. The zero-order chi connectivity index (χ0) is 21.2. The number of imidazole rings is 1. The maximum absolute atomic E-state index is 12.7. The second kappa shape index (κ2) is 8.72. The molecule has 0 saturated heterocycles. The molecule has 1 aromatic heterocycles. The van der Waals surface area contributed by atoms with E-state index < -0.39 is 14.6 Å². The molecule has 29 heavy (non-hydrogen) atoms. The molecule has 2 aromatic carbocycles. The summed E-state index contributed by atoms with van der Waals surface area (Å²) in [5, 5.41) is 1.05. The summed E-state index contributed by atoms with van der Waals surface area (Å²) in [5.74, 6) is 0. The fourth-order valence-electron chi connectivity index (χ4n) is 2.73. The SMILES string of the molecule is CC(C)(C)S(=O)(=O)c1ccc(C(Cn2ccnc2)Sc2ccc(Cl)c(Cl)c2)cc1. The second-order valence-corrected chi connectivity index (χ2v) is 12.4. The lowest BCUT2D eigenvalue weighted by molar-refractivity contribution is 0.560. The van der Waals surface area contributed by atoms with E-state index in [1.165, 1.54) is 0 Å². The van der Waals surface area contributed by atoms with Crippen molar-refractivity contribution >= 4 is 44.8 Å². The predicted molar refractivity (Wildman–Crippen MR) is 121 cm³/mol. The zero-order valence-corrected chi connectivity index (χ0v) is 19.5. The van der Waals surface area contributed by atoms with E-state index in [1.807, 2.05) is 35.0 Å². The van der Waals surface area contributed by atoms with Gasteiger partial charge in [-0.2, -0.15) is 0 Å². The summed E-state index contributed by atoms with van der Waals surface area (Å²) in [4.78, 5) is 5.42. The van der Waals surface area contributed by atoms with Crippen LogP contribution < -0.4 is 0 Å². The zero-order valence-electron chi connectivity index (χ0n) is 16.3. The fourth-order valence-corrected chi connectivity index (χ4v) is 5.49. The average Bonchev–Trinajstić information content (AvgIpc) is 3.16. The van der Waals surface area contributed by atoms with Crippen molar-refractivity contribution in [1.29, 1.82) is 0 Å². The van der Waals surface area contributed by atoms with Crippen molar-refractivity contribution < 1.29 is 8.42 Å². The van der Waals surface area contributed by atoms with Gasteiger partial charge in [-0.15, -0.1) is 11.8 Å². The molecular weight excluding hydrogens is 447 g/mol. The van der Waals surface area contributed by atoms with Crippen LogP contribution in [0.5, 0.6) is 0 Å². The highest BCUT2D eigenvalue weighted by Gasteiger charge is 2.30. The van der Waals surface area contributed by atoms with Crippen molar-refractivity contribution in [2.75, 3.05) is 0 Å². The highest BCUT2D eigenvalue weighted by Crippen LogP contribution is 2.39. The molecule has 0 aliphatic heterocycles. The van der Waals surface area contributed by atoms with E-state index in [-0.39, 0.29) is 5.25 Å². The van der Waals surface area contributed by atoms with Crippen LogP contribution in [0.3, 0.4) is 0 Å². The molecule has 0 aliphatic rings. The van der Waals surface area contributed by atoms with Gasteiger partial charge in [0.2, 0.25) is 0 Å². The number of hydrogen-bond donors (Lipinski definition) is 0. The number of aromatic nitrogens is 2. The van der Waals surface area contributed by atoms with Crippen molar-refractivity contribution in [3.05, 3.63) is 76.8 Å². The minimum absolute atomic E-state index is 0.0350. The van der Waals surface area contributed by atoms with Gasteiger partial charge in [-0.3, -0.25) is 0 Å². The van der Waals surface area contributed by atoms with E-state index in [2.05, 4.69) is 4.98 Å². The smallest absolute Gasteiger partial charge is 0.183 e. The molecule has 8 heteroatoms. The molecule has 0 spiro atoms. The Hall–Kier alpha value is -1.47. The molecule has 4 nitrogen and oxygen atoms in total. The molecule has 3 rings (SSSR count). The van der Waals surface area contributed by atoms with Crippen LogP contribution in [0.2, 0.25) is 10.0 Å². The van der Waals surface area contributed by atoms with E-state index in [9.17, 15) is 8.42 Å². The van der Waals surface area contributed by atoms with E-state index in [0.29, 0.717) is 21.5 Å². The maximum Gasteiger partial charge on any atom is 0.183 e. The molecule has 0 amide bonds. The highest BCUT2D eigenvalue weighted by molar-refractivity contribution is 7.99. The van der Waals surface area contributed by atoms with E-state index in [1.54, 1.807) is 63.3 Å². The highest BCUT2D eigenvalue weighted by atomic mass is 35.5. The summed E-state index contributed by atoms with van der Waals surface area (Å²) in [7, 11) is -3.39. The first-order valence-corrected chi connectivity index (χ1v) is 12.1. The van der Waals surface area contributed by atoms with E-state index >= 15 is 0 Å². The molecule has 0 fully saturated rings. The van der Waals surface area contributed by atoms with Crippen LogP contribution in [-0.4, -0.2) is 22.7 Å². The number of rotatable bonds is 6. The van der Waals surface area contributed by atoms with Crippen molar-refractivity contribution in [3.63, 3.8) is 0 Å². The molecule has 0 aliphatic carbocycles. The summed E-state index contributed by atoms with van der Waals surface area (Å²) in [5.41, 5.74) is 1.02. The minimum atomic E-state index is -3.39. The molecule has 1 heterocycles. The van der Waals surface area contributed by atoms with Crippen LogP contribution in [-0.2, 0) is 16.4 Å². The Morgan fingerprint density at radius 2 is 1.76 bits per heavy atom. The molecule has 154 valence electrons. The maximum atomic E-state index is 12.7. The fraction of sp³-hybridized carbons (Fsp3) is 0.286. The summed E-state index contributed by atoms with van der Waals surface area (Å²) >= 11 is 13.8. The van der Waals surface area contributed by atoms with Crippen molar-refractivity contribution in [2.24, 2.45) is 0 Å². The number of thioether (sulfide) groups is 1. The Morgan fingerprint density at radius 1 is 1.07 bits per heavy atom. The third-order valence-electron chi connectivity index (χ3n) is 4.47. The first kappa shape index (κ1) is 22.2. The van der Waals surface area contributed by atoms with Gasteiger partial charge in [0.1, 0.15) is 0 Å². The van der Waals surface area contributed by atoms with Gasteiger partial charge in [-0.1, -0.05) is 35.3 Å². The molecular formula is C21H22Cl2N2O2S2. The standard InChI is InChI=1S/C21H22Cl2N2O2S2/c1-21(2,3)29(26,27)17-7-4-15(5-8-17)20(13-25-11-10-24-14-25)28-16-6-9-18(22)19(23)12-16/h4-12,14,20H,13H2,1-3H3. The number of benzene rings is 2. The van der Waals surface area contributed by atoms with Gasteiger partial charge in [0.15, 0.2) is 9.84 Å². The lowest BCUT2D eigenvalue weighted by Gasteiger charge is -2.21. The Morgan fingerprint density at radius 3 is 2.31 bits per heavy atom. The van der Waals surface area contributed by atoms with Crippen LogP contribution >= 0.6 is 35.0 Å². The van der Waals surface area contributed by atoms with E-state index in [4.69, 9.17) is 23.2 Å². The lowest BCUT2D eigenvalue weighted by Crippen LogP contribution is -2.27. The average molecular weight is 469 g/mol. The Balaban J connectivity index is 1.92. The second-order valence-electron chi connectivity index (χ2n) is 7.63. The summed E-state index contributed by atoms with van der Waals surface area (Å²) in [6, 6.07) is 12.7. The van der Waals surface area contributed by atoms with Crippen LogP contribution in [0, 0.1) is 0 Å². The normalized spacial score (nSPS) is 13.4. The summed E-state index contributed by atoms with van der Waals surface area (Å²) in [6.45, 7) is 5.80. The molecule has 0 bridgehead atoms. The lowest BCUT2D eigenvalue weighted by atomic mass is 10.1. The molecule has 0 N–H and O–H groups in total. The van der Waals surface area contributed by atoms with Crippen LogP contribution in [0.25, 0.3) is 0 Å². The Labute approximate surface area is 186 Å². The minimum Gasteiger partial charge on any atom is -0.336 e. The van der Waals surface area contributed by atoms with Gasteiger partial charge in [-0.05, 0) is 56.7 Å². The third-order valence-corrected chi connectivity index (χ3v) is 8.95. The quantitative estimate of drug-likeness (QED) is 0.398. The Bertz CT molecular complexity index is 1070. The molecule has 3 aromatic rings. The topological polar surface area (TPSA) is 52.0 Å². The van der Waals surface area contributed by atoms with Crippen molar-refractivity contribution in [1.82, 2.24) is 9.55 Å². The largest absolute Gasteiger partial charge is 0.336 e.